The van der Waals surface area contributed by atoms with Crippen molar-refractivity contribution in [3.05, 3.63) is 36.4 Å². The monoisotopic (exact) mass is 255 g/mol. The number of rotatable bonds is 4. The van der Waals surface area contributed by atoms with Crippen LogP contribution in [0.1, 0.15) is 18.7 Å². The Kier molecular flexibility index (Phi) is 2.38. The number of para-hydroxylation sites is 1. The van der Waals surface area contributed by atoms with Gasteiger partial charge < -0.3 is 14.2 Å². The Morgan fingerprint density at radius 1 is 1.21 bits per heavy atom. The second-order valence-corrected chi connectivity index (χ2v) is 4.80. The number of fused-ring (bicyclic) bond motifs is 1. The van der Waals surface area contributed by atoms with Gasteiger partial charge in [0.05, 0.1) is 12.1 Å². The molecule has 19 heavy (non-hydrogen) atoms. The largest absolute Gasteiger partial charge is 0.463 e. The highest BCUT2D eigenvalue weighted by molar-refractivity contribution is 5.91. The summed E-state index contributed by atoms with van der Waals surface area (Å²) in [6.07, 6.45) is 4.15. The van der Waals surface area contributed by atoms with E-state index in [4.69, 9.17) is 8.83 Å². The molecule has 0 atom stereocenters. The first kappa shape index (κ1) is 10.8. The van der Waals surface area contributed by atoms with Gasteiger partial charge in [-0.25, -0.2) is 0 Å². The molecule has 4 rings (SSSR count). The van der Waals surface area contributed by atoms with Crippen LogP contribution in [0.5, 0.6) is 0 Å². The summed E-state index contributed by atoms with van der Waals surface area (Å²) < 4.78 is 11.1. The fourth-order valence-corrected chi connectivity index (χ4v) is 2.10. The molecule has 0 spiro atoms. The Labute approximate surface area is 109 Å². The van der Waals surface area contributed by atoms with Gasteiger partial charge in [0, 0.05) is 11.4 Å². The molecule has 1 aliphatic carbocycles. The van der Waals surface area contributed by atoms with Gasteiger partial charge in [0.1, 0.15) is 11.8 Å². The number of aromatic nitrogens is 2. The summed E-state index contributed by atoms with van der Waals surface area (Å²) in [5, 5.41) is 12.5. The summed E-state index contributed by atoms with van der Waals surface area (Å²) in [6, 6.07) is 8.44. The first-order chi connectivity index (χ1) is 9.40. The zero-order valence-corrected chi connectivity index (χ0v) is 10.3. The van der Waals surface area contributed by atoms with Gasteiger partial charge >= 0.3 is 0 Å². The predicted molar refractivity (Wildman–Crippen MR) is 69.4 cm³/mol. The van der Waals surface area contributed by atoms with Crippen LogP contribution in [-0.4, -0.2) is 16.2 Å². The molecule has 0 saturated heterocycles. The van der Waals surface area contributed by atoms with Crippen molar-refractivity contribution >= 4 is 11.0 Å². The van der Waals surface area contributed by atoms with Crippen molar-refractivity contribution in [2.24, 2.45) is 0 Å². The zero-order valence-electron chi connectivity index (χ0n) is 10.3. The Bertz CT molecular complexity index is 712. The molecule has 0 bridgehead atoms. The Morgan fingerprint density at radius 2 is 2.11 bits per heavy atom. The maximum Gasteiger partial charge on any atom is 0.251 e. The number of nitrogens with one attached hydrogen (secondary N) is 1. The summed E-state index contributed by atoms with van der Waals surface area (Å²) in [5.74, 6) is 1.13. The molecule has 1 aliphatic rings. The SMILES string of the molecule is c1ccc2c(-c3nnc(CNC4CC4)o3)coc2c1. The topological polar surface area (TPSA) is 64.1 Å². The Hall–Kier alpha value is -2.14. The number of furan rings is 1. The number of nitrogens with zero attached hydrogens (tertiary/aromatic N) is 2. The van der Waals surface area contributed by atoms with E-state index in [2.05, 4.69) is 15.5 Å². The van der Waals surface area contributed by atoms with Crippen LogP contribution < -0.4 is 5.32 Å². The highest BCUT2D eigenvalue weighted by Crippen LogP contribution is 2.29. The Morgan fingerprint density at radius 3 is 3.00 bits per heavy atom. The molecule has 0 radical (unpaired) electrons. The van der Waals surface area contributed by atoms with Crippen molar-refractivity contribution in [3.63, 3.8) is 0 Å². The molecule has 5 nitrogen and oxygen atoms in total. The van der Waals surface area contributed by atoms with Crippen LogP contribution in [-0.2, 0) is 6.54 Å². The van der Waals surface area contributed by atoms with E-state index >= 15 is 0 Å². The zero-order chi connectivity index (χ0) is 12.7. The first-order valence-corrected chi connectivity index (χ1v) is 6.42. The van der Waals surface area contributed by atoms with Crippen LogP contribution in [0.25, 0.3) is 22.4 Å². The third kappa shape index (κ3) is 2.02. The maximum atomic E-state index is 5.67. The van der Waals surface area contributed by atoms with Crippen LogP contribution in [0, 0.1) is 0 Å². The average Bonchev–Trinajstić information content (AvgIpc) is 3.00. The van der Waals surface area contributed by atoms with Crippen LogP contribution in [0.15, 0.2) is 39.4 Å². The molecule has 5 heteroatoms. The highest BCUT2D eigenvalue weighted by Gasteiger charge is 2.21. The molecule has 2 aromatic heterocycles. The fourth-order valence-electron chi connectivity index (χ4n) is 2.10. The second-order valence-electron chi connectivity index (χ2n) is 4.80. The third-order valence-corrected chi connectivity index (χ3v) is 3.30. The maximum absolute atomic E-state index is 5.67. The summed E-state index contributed by atoms with van der Waals surface area (Å²) >= 11 is 0. The van der Waals surface area contributed by atoms with Gasteiger partial charge in [-0.3, -0.25) is 0 Å². The van der Waals surface area contributed by atoms with Gasteiger partial charge in [0.25, 0.3) is 5.89 Å². The van der Waals surface area contributed by atoms with E-state index in [1.54, 1.807) is 6.26 Å². The smallest absolute Gasteiger partial charge is 0.251 e. The van der Waals surface area contributed by atoms with Crippen LogP contribution in [0.2, 0.25) is 0 Å². The number of hydrogen-bond donors (Lipinski definition) is 1. The van der Waals surface area contributed by atoms with E-state index in [9.17, 15) is 0 Å². The summed E-state index contributed by atoms with van der Waals surface area (Å²) in [7, 11) is 0. The quantitative estimate of drug-likeness (QED) is 0.776. The minimum absolute atomic E-state index is 0.512. The van der Waals surface area contributed by atoms with Crippen molar-refractivity contribution in [3.8, 4) is 11.5 Å². The molecule has 2 heterocycles. The van der Waals surface area contributed by atoms with Crippen molar-refractivity contribution in [2.45, 2.75) is 25.4 Å². The van der Waals surface area contributed by atoms with Crippen LogP contribution >= 0.6 is 0 Å². The van der Waals surface area contributed by atoms with E-state index in [0.717, 1.165) is 16.5 Å². The highest BCUT2D eigenvalue weighted by atomic mass is 16.4. The molecule has 0 amide bonds. The van der Waals surface area contributed by atoms with E-state index in [-0.39, 0.29) is 0 Å². The lowest BCUT2D eigenvalue weighted by Crippen LogP contribution is -2.15. The predicted octanol–water partition coefficient (Wildman–Crippen LogP) is 2.73. The third-order valence-electron chi connectivity index (χ3n) is 3.30. The van der Waals surface area contributed by atoms with E-state index < -0.39 is 0 Å². The van der Waals surface area contributed by atoms with Crippen molar-refractivity contribution < 1.29 is 8.83 Å². The lowest BCUT2D eigenvalue weighted by Gasteiger charge is -1.95. The first-order valence-electron chi connectivity index (χ1n) is 6.42. The molecule has 1 aromatic carbocycles. The normalized spacial score (nSPS) is 15.2. The van der Waals surface area contributed by atoms with E-state index in [1.165, 1.54) is 12.8 Å². The molecule has 0 unspecified atom stereocenters. The summed E-state index contributed by atoms with van der Waals surface area (Å²) in [6.45, 7) is 0.632. The van der Waals surface area contributed by atoms with Crippen molar-refractivity contribution in [2.75, 3.05) is 0 Å². The number of hydrogen-bond acceptors (Lipinski definition) is 5. The molecular formula is C14H13N3O2. The molecule has 0 aliphatic heterocycles. The minimum atomic E-state index is 0.512. The molecule has 1 N–H and O–H groups in total. The van der Waals surface area contributed by atoms with Crippen molar-refractivity contribution in [1.82, 2.24) is 15.5 Å². The standard InChI is InChI=1S/C14H13N3O2/c1-2-4-12-10(3-1)11(8-18-12)14-17-16-13(19-14)7-15-9-5-6-9/h1-4,8-9,15H,5-7H2. The van der Waals surface area contributed by atoms with Gasteiger partial charge in [0.15, 0.2) is 0 Å². The second kappa shape index (κ2) is 4.20. The van der Waals surface area contributed by atoms with Gasteiger partial charge in [-0.05, 0) is 18.9 Å². The van der Waals surface area contributed by atoms with Crippen molar-refractivity contribution in [1.29, 1.82) is 0 Å². The molecule has 1 fully saturated rings. The van der Waals surface area contributed by atoms with E-state index in [1.807, 2.05) is 24.3 Å². The lowest BCUT2D eigenvalue weighted by atomic mass is 10.2. The molecule has 3 aromatic rings. The summed E-state index contributed by atoms with van der Waals surface area (Å²) in [4.78, 5) is 0. The van der Waals surface area contributed by atoms with Gasteiger partial charge in [0.2, 0.25) is 5.89 Å². The molecular weight excluding hydrogens is 242 g/mol. The number of benzene rings is 1. The van der Waals surface area contributed by atoms with E-state index in [0.29, 0.717) is 24.4 Å². The minimum Gasteiger partial charge on any atom is -0.463 e. The average molecular weight is 255 g/mol. The van der Waals surface area contributed by atoms with Crippen LogP contribution in [0.4, 0.5) is 0 Å². The van der Waals surface area contributed by atoms with Crippen LogP contribution in [0.3, 0.4) is 0 Å². The van der Waals surface area contributed by atoms with Gasteiger partial charge in [-0.1, -0.05) is 18.2 Å². The molecule has 1 saturated carbocycles. The Balaban J connectivity index is 1.64. The van der Waals surface area contributed by atoms with Gasteiger partial charge in [-0.2, -0.15) is 0 Å². The molecule has 96 valence electrons. The fraction of sp³-hybridized carbons (Fsp3) is 0.286. The summed E-state index contributed by atoms with van der Waals surface area (Å²) in [5.41, 5.74) is 1.68. The lowest BCUT2D eigenvalue weighted by molar-refractivity contribution is 0.476. The van der Waals surface area contributed by atoms with Gasteiger partial charge in [-0.15, -0.1) is 10.2 Å².